The Kier molecular flexibility index (Phi) is 5.50. The molecule has 3 rings (SSSR count). The van der Waals surface area contributed by atoms with Crippen LogP contribution in [0.3, 0.4) is 0 Å². The molecule has 0 unspecified atom stereocenters. The first-order valence-corrected chi connectivity index (χ1v) is 8.70. The van der Waals surface area contributed by atoms with Gasteiger partial charge in [-0.05, 0) is 30.3 Å². The number of carbonyl (C=O) groups is 1. The van der Waals surface area contributed by atoms with Crippen molar-refractivity contribution >= 4 is 17.2 Å². The van der Waals surface area contributed by atoms with Crippen molar-refractivity contribution in [3.05, 3.63) is 76.1 Å². The van der Waals surface area contributed by atoms with Crippen molar-refractivity contribution in [3.8, 4) is 11.3 Å². The van der Waals surface area contributed by atoms with E-state index >= 15 is 0 Å². The van der Waals surface area contributed by atoms with Gasteiger partial charge in [-0.2, -0.15) is 0 Å². The van der Waals surface area contributed by atoms with E-state index in [1.807, 2.05) is 5.38 Å². The average molecular weight is 358 g/mol. The molecular formula is C19H16F2N2OS. The number of hydrogen-bond acceptors (Lipinski definition) is 3. The van der Waals surface area contributed by atoms with Crippen LogP contribution in [0.25, 0.3) is 11.3 Å². The number of benzene rings is 2. The van der Waals surface area contributed by atoms with Gasteiger partial charge in [-0.25, -0.2) is 13.8 Å². The second kappa shape index (κ2) is 7.98. The molecule has 0 bridgehead atoms. The number of carbonyl (C=O) groups excluding carboxylic acids is 1. The van der Waals surface area contributed by atoms with Gasteiger partial charge >= 0.3 is 0 Å². The van der Waals surface area contributed by atoms with Gasteiger partial charge in [-0.3, -0.25) is 4.79 Å². The lowest BCUT2D eigenvalue weighted by atomic mass is 10.2. The lowest BCUT2D eigenvalue weighted by molar-refractivity contribution is -0.121. The highest BCUT2D eigenvalue weighted by Gasteiger charge is 2.08. The van der Waals surface area contributed by atoms with E-state index in [2.05, 4.69) is 10.3 Å². The zero-order valence-corrected chi connectivity index (χ0v) is 14.2. The molecule has 0 radical (unpaired) electrons. The maximum Gasteiger partial charge on any atom is 0.220 e. The van der Waals surface area contributed by atoms with Gasteiger partial charge < -0.3 is 5.32 Å². The SMILES string of the molecule is O=C(CCc1nc(-c2ccc(F)cc2)cs1)NCc1ccccc1F. The van der Waals surface area contributed by atoms with Crippen LogP contribution in [0.1, 0.15) is 17.0 Å². The summed E-state index contributed by atoms with van der Waals surface area (Å²) in [5.41, 5.74) is 2.07. The predicted octanol–water partition coefficient (Wildman–Crippen LogP) is 4.34. The Morgan fingerprint density at radius 2 is 1.84 bits per heavy atom. The minimum absolute atomic E-state index is 0.151. The number of nitrogens with one attached hydrogen (secondary N) is 1. The summed E-state index contributed by atoms with van der Waals surface area (Å²) in [5.74, 6) is -0.765. The summed E-state index contributed by atoms with van der Waals surface area (Å²) in [5, 5.41) is 5.43. The summed E-state index contributed by atoms with van der Waals surface area (Å²) >= 11 is 1.46. The molecule has 3 aromatic rings. The number of hydrogen-bond donors (Lipinski definition) is 1. The van der Waals surface area contributed by atoms with Crippen LogP contribution in [0.5, 0.6) is 0 Å². The molecule has 0 aliphatic rings. The van der Waals surface area contributed by atoms with Gasteiger partial charge in [0.05, 0.1) is 10.7 Å². The van der Waals surface area contributed by atoms with Gasteiger partial charge in [0.2, 0.25) is 5.91 Å². The van der Waals surface area contributed by atoms with Crippen LogP contribution in [-0.4, -0.2) is 10.9 Å². The van der Waals surface area contributed by atoms with Gasteiger partial charge in [0, 0.05) is 35.9 Å². The smallest absolute Gasteiger partial charge is 0.220 e. The summed E-state index contributed by atoms with van der Waals surface area (Å²) in [6.07, 6.45) is 0.791. The molecule has 2 aromatic carbocycles. The van der Waals surface area contributed by atoms with E-state index < -0.39 is 0 Å². The number of aromatic nitrogens is 1. The van der Waals surface area contributed by atoms with Crippen molar-refractivity contribution in [3.63, 3.8) is 0 Å². The van der Waals surface area contributed by atoms with Crippen LogP contribution in [-0.2, 0) is 17.8 Å². The number of halogens is 2. The Bertz CT molecular complexity index is 862. The fourth-order valence-electron chi connectivity index (χ4n) is 2.32. The van der Waals surface area contributed by atoms with Crippen LogP contribution < -0.4 is 5.32 Å². The molecule has 0 atom stereocenters. The maximum absolute atomic E-state index is 13.5. The molecule has 1 heterocycles. The predicted molar refractivity (Wildman–Crippen MR) is 94.1 cm³/mol. The summed E-state index contributed by atoms with van der Waals surface area (Å²) in [7, 11) is 0. The van der Waals surface area contributed by atoms with Crippen LogP contribution in [0, 0.1) is 11.6 Å². The molecule has 1 aromatic heterocycles. The normalized spacial score (nSPS) is 10.6. The Morgan fingerprint density at radius 3 is 2.60 bits per heavy atom. The Labute approximate surface area is 148 Å². The van der Waals surface area contributed by atoms with Crippen molar-refractivity contribution < 1.29 is 13.6 Å². The highest BCUT2D eigenvalue weighted by atomic mass is 32.1. The number of aryl methyl sites for hydroxylation is 1. The van der Waals surface area contributed by atoms with Gasteiger partial charge in [0.1, 0.15) is 11.6 Å². The number of thiazole rings is 1. The van der Waals surface area contributed by atoms with Gasteiger partial charge in [-0.1, -0.05) is 18.2 Å². The van der Waals surface area contributed by atoms with E-state index in [-0.39, 0.29) is 30.5 Å². The standard InChI is InChI=1S/C19H16F2N2OS/c20-15-7-5-13(6-8-15)17-12-25-19(23-17)10-9-18(24)22-11-14-3-1-2-4-16(14)21/h1-8,12H,9-11H2,(H,22,24). The van der Waals surface area contributed by atoms with Crippen LogP contribution >= 0.6 is 11.3 Å². The fourth-order valence-corrected chi connectivity index (χ4v) is 3.13. The molecule has 0 fully saturated rings. The van der Waals surface area contributed by atoms with Crippen molar-refractivity contribution in [2.75, 3.05) is 0 Å². The Morgan fingerprint density at radius 1 is 1.08 bits per heavy atom. The first-order chi connectivity index (χ1) is 12.1. The summed E-state index contributed by atoms with van der Waals surface area (Å²) in [6.45, 7) is 0.171. The lowest BCUT2D eigenvalue weighted by Crippen LogP contribution is -2.23. The van der Waals surface area contributed by atoms with Gasteiger partial charge in [0.15, 0.2) is 0 Å². The average Bonchev–Trinajstić information content (AvgIpc) is 3.09. The van der Waals surface area contributed by atoms with Crippen LogP contribution in [0.2, 0.25) is 0 Å². The number of amides is 1. The zero-order valence-electron chi connectivity index (χ0n) is 13.3. The largest absolute Gasteiger partial charge is 0.352 e. The topological polar surface area (TPSA) is 42.0 Å². The van der Waals surface area contributed by atoms with Crippen molar-refractivity contribution in [2.24, 2.45) is 0 Å². The van der Waals surface area contributed by atoms with E-state index in [0.29, 0.717) is 12.0 Å². The third kappa shape index (κ3) is 4.70. The minimum atomic E-state index is -0.327. The highest BCUT2D eigenvalue weighted by molar-refractivity contribution is 7.09. The molecule has 0 saturated carbocycles. The van der Waals surface area contributed by atoms with E-state index in [0.717, 1.165) is 16.3 Å². The molecule has 3 nitrogen and oxygen atoms in total. The quantitative estimate of drug-likeness (QED) is 0.712. The van der Waals surface area contributed by atoms with Crippen molar-refractivity contribution in [1.29, 1.82) is 0 Å². The van der Waals surface area contributed by atoms with E-state index in [9.17, 15) is 13.6 Å². The van der Waals surface area contributed by atoms with Crippen LogP contribution in [0.15, 0.2) is 53.9 Å². The fraction of sp³-hybridized carbons (Fsp3) is 0.158. The second-order valence-electron chi connectivity index (χ2n) is 5.50. The molecule has 0 aliphatic heterocycles. The molecule has 1 amide bonds. The van der Waals surface area contributed by atoms with Crippen molar-refractivity contribution in [2.45, 2.75) is 19.4 Å². The highest BCUT2D eigenvalue weighted by Crippen LogP contribution is 2.22. The Balaban J connectivity index is 1.51. The third-order valence-corrected chi connectivity index (χ3v) is 4.60. The first-order valence-electron chi connectivity index (χ1n) is 7.82. The molecule has 6 heteroatoms. The van der Waals surface area contributed by atoms with Crippen molar-refractivity contribution in [1.82, 2.24) is 10.3 Å². The van der Waals surface area contributed by atoms with Crippen LogP contribution in [0.4, 0.5) is 8.78 Å². The number of rotatable bonds is 6. The molecule has 128 valence electrons. The Hall–Kier alpha value is -2.60. The molecule has 0 saturated heterocycles. The molecule has 0 aliphatic carbocycles. The molecule has 1 N–H and O–H groups in total. The monoisotopic (exact) mass is 358 g/mol. The van der Waals surface area contributed by atoms with Gasteiger partial charge in [-0.15, -0.1) is 11.3 Å². The second-order valence-corrected chi connectivity index (χ2v) is 6.44. The molecule has 0 spiro atoms. The zero-order chi connectivity index (χ0) is 17.6. The minimum Gasteiger partial charge on any atom is -0.352 e. The molecular weight excluding hydrogens is 342 g/mol. The first kappa shape index (κ1) is 17.2. The maximum atomic E-state index is 13.5. The number of nitrogens with zero attached hydrogens (tertiary/aromatic N) is 1. The van der Waals surface area contributed by atoms with E-state index in [1.165, 1.54) is 29.5 Å². The summed E-state index contributed by atoms with van der Waals surface area (Å²) in [6, 6.07) is 12.5. The summed E-state index contributed by atoms with van der Waals surface area (Å²) in [4.78, 5) is 16.4. The van der Waals surface area contributed by atoms with E-state index in [4.69, 9.17) is 0 Å². The van der Waals surface area contributed by atoms with Gasteiger partial charge in [0.25, 0.3) is 0 Å². The summed E-state index contributed by atoms with van der Waals surface area (Å²) < 4.78 is 26.4. The lowest BCUT2D eigenvalue weighted by Gasteiger charge is -2.05. The van der Waals surface area contributed by atoms with E-state index in [1.54, 1.807) is 30.3 Å². The third-order valence-electron chi connectivity index (χ3n) is 3.69. The molecule has 25 heavy (non-hydrogen) atoms.